The molecule has 0 N–H and O–H groups in total. The highest BCUT2D eigenvalue weighted by Gasteiger charge is 2.36. The Hall–Kier alpha value is -0.860. The molecule has 1 rings (SSSR count). The number of hydrogen-bond donors (Lipinski definition) is 0. The van der Waals surface area contributed by atoms with E-state index in [0.29, 0.717) is 11.8 Å². The molecule has 3 nitrogen and oxygen atoms in total. The zero-order chi connectivity index (χ0) is 13.1. The van der Waals surface area contributed by atoms with Gasteiger partial charge in [0.05, 0.1) is 7.11 Å². The van der Waals surface area contributed by atoms with E-state index in [0.717, 1.165) is 25.7 Å². The number of ether oxygens (including phenoxy) is 1. The molecule has 17 heavy (non-hydrogen) atoms. The minimum atomic E-state index is -0.550. The minimum Gasteiger partial charge on any atom is -0.468 e. The summed E-state index contributed by atoms with van der Waals surface area (Å²) in [5.74, 6) is -0.768. The van der Waals surface area contributed by atoms with Crippen LogP contribution in [0.15, 0.2) is 0 Å². The normalized spacial score (nSPS) is 21.9. The zero-order valence-electron chi connectivity index (χ0n) is 11.4. The molecular formula is C14H24O3. The van der Waals surface area contributed by atoms with E-state index in [1.165, 1.54) is 7.11 Å². The number of Topliss-reactive ketones (excluding diaryl/α,β-unsaturated/α-hetero) is 1. The molecule has 0 heterocycles. The van der Waals surface area contributed by atoms with Crippen LogP contribution in [0.5, 0.6) is 0 Å². The van der Waals surface area contributed by atoms with Crippen molar-refractivity contribution in [2.45, 2.75) is 52.9 Å². The maximum absolute atomic E-state index is 12.2. The number of rotatable bonds is 4. The van der Waals surface area contributed by atoms with Crippen LogP contribution in [0.25, 0.3) is 0 Å². The van der Waals surface area contributed by atoms with Crippen LogP contribution in [-0.4, -0.2) is 18.9 Å². The Morgan fingerprint density at radius 2 is 1.82 bits per heavy atom. The molecule has 1 aliphatic rings. The first-order valence-corrected chi connectivity index (χ1v) is 6.53. The molecule has 3 heteroatoms. The van der Waals surface area contributed by atoms with Crippen LogP contribution < -0.4 is 0 Å². The minimum absolute atomic E-state index is 0.0621. The Morgan fingerprint density at radius 3 is 2.24 bits per heavy atom. The van der Waals surface area contributed by atoms with E-state index in [-0.39, 0.29) is 17.7 Å². The predicted octanol–water partition coefficient (Wildman–Crippen LogP) is 2.97. The third-order valence-electron chi connectivity index (χ3n) is 3.98. The number of esters is 1. The first-order valence-electron chi connectivity index (χ1n) is 6.53. The summed E-state index contributed by atoms with van der Waals surface area (Å²) in [4.78, 5) is 23.8. The monoisotopic (exact) mass is 240 g/mol. The van der Waals surface area contributed by atoms with Gasteiger partial charge in [-0.05, 0) is 37.5 Å². The van der Waals surface area contributed by atoms with Gasteiger partial charge in [-0.2, -0.15) is 0 Å². The molecule has 0 radical (unpaired) electrons. The van der Waals surface area contributed by atoms with Gasteiger partial charge in [0.15, 0.2) is 0 Å². The van der Waals surface area contributed by atoms with Crippen molar-refractivity contribution in [1.82, 2.24) is 0 Å². The number of hydrogen-bond acceptors (Lipinski definition) is 3. The van der Waals surface area contributed by atoms with Crippen molar-refractivity contribution in [2.24, 2.45) is 17.3 Å². The lowest BCUT2D eigenvalue weighted by Crippen LogP contribution is -2.34. The molecule has 0 bridgehead atoms. The van der Waals surface area contributed by atoms with Crippen LogP contribution in [-0.2, 0) is 14.3 Å². The van der Waals surface area contributed by atoms with Crippen LogP contribution in [0.4, 0.5) is 0 Å². The van der Waals surface area contributed by atoms with Crippen LogP contribution in [0.3, 0.4) is 0 Å². The Kier molecular flexibility index (Phi) is 4.72. The van der Waals surface area contributed by atoms with Gasteiger partial charge in [-0.1, -0.05) is 20.8 Å². The average Bonchev–Trinajstić information content (AvgIpc) is 2.29. The summed E-state index contributed by atoms with van der Waals surface area (Å²) in [6.45, 7) is 6.35. The molecule has 1 saturated carbocycles. The second-order valence-electron chi connectivity index (χ2n) is 5.82. The van der Waals surface area contributed by atoms with Crippen molar-refractivity contribution in [2.75, 3.05) is 7.11 Å². The van der Waals surface area contributed by atoms with E-state index < -0.39 is 5.92 Å². The van der Waals surface area contributed by atoms with Crippen molar-refractivity contribution in [1.29, 1.82) is 0 Å². The van der Waals surface area contributed by atoms with Gasteiger partial charge < -0.3 is 4.74 Å². The van der Waals surface area contributed by atoms with Crippen LogP contribution in [0.2, 0.25) is 0 Å². The number of carbonyl (C=O) groups excluding carboxylic acids is 2. The van der Waals surface area contributed by atoms with Crippen molar-refractivity contribution in [3.05, 3.63) is 0 Å². The van der Waals surface area contributed by atoms with E-state index in [4.69, 9.17) is 4.74 Å². The van der Waals surface area contributed by atoms with Gasteiger partial charge in [-0.3, -0.25) is 9.59 Å². The summed E-state index contributed by atoms with van der Waals surface area (Å²) in [5, 5.41) is 0. The van der Waals surface area contributed by atoms with Crippen LogP contribution >= 0.6 is 0 Å². The van der Waals surface area contributed by atoms with Gasteiger partial charge in [-0.15, -0.1) is 0 Å². The van der Waals surface area contributed by atoms with Gasteiger partial charge in [0.1, 0.15) is 11.7 Å². The third kappa shape index (κ3) is 3.55. The van der Waals surface area contributed by atoms with Crippen LogP contribution in [0, 0.1) is 17.3 Å². The molecule has 1 unspecified atom stereocenters. The fourth-order valence-electron chi connectivity index (χ4n) is 2.59. The number of carbonyl (C=O) groups is 2. The SMILES string of the molecule is CCC(C(=O)OC)C(=O)C1CCC(C)(C)CC1. The molecule has 1 aliphatic carbocycles. The average molecular weight is 240 g/mol. The van der Waals surface area contributed by atoms with E-state index in [1.807, 2.05) is 6.92 Å². The molecule has 0 aromatic heterocycles. The van der Waals surface area contributed by atoms with Gasteiger partial charge in [0.25, 0.3) is 0 Å². The molecule has 1 fully saturated rings. The smallest absolute Gasteiger partial charge is 0.316 e. The van der Waals surface area contributed by atoms with Crippen LogP contribution in [0.1, 0.15) is 52.9 Å². The highest BCUT2D eigenvalue weighted by Crippen LogP contribution is 2.39. The summed E-state index contributed by atoms with van der Waals surface area (Å²) >= 11 is 0. The van der Waals surface area contributed by atoms with Crippen molar-refractivity contribution < 1.29 is 14.3 Å². The zero-order valence-corrected chi connectivity index (χ0v) is 11.4. The van der Waals surface area contributed by atoms with Crippen molar-refractivity contribution in [3.63, 3.8) is 0 Å². The second kappa shape index (κ2) is 5.65. The number of ketones is 1. The van der Waals surface area contributed by atoms with Gasteiger partial charge >= 0.3 is 5.97 Å². The maximum Gasteiger partial charge on any atom is 0.316 e. The van der Waals surface area contributed by atoms with Crippen molar-refractivity contribution in [3.8, 4) is 0 Å². The summed E-state index contributed by atoms with van der Waals surface area (Å²) in [7, 11) is 1.35. The lowest BCUT2D eigenvalue weighted by atomic mass is 9.70. The fraction of sp³-hybridized carbons (Fsp3) is 0.857. The Bertz CT molecular complexity index is 284. The Morgan fingerprint density at radius 1 is 1.29 bits per heavy atom. The fourth-order valence-corrected chi connectivity index (χ4v) is 2.59. The highest BCUT2D eigenvalue weighted by molar-refractivity contribution is 6.00. The van der Waals surface area contributed by atoms with Gasteiger partial charge in [-0.25, -0.2) is 0 Å². The van der Waals surface area contributed by atoms with Crippen molar-refractivity contribution >= 4 is 11.8 Å². The molecule has 0 aliphatic heterocycles. The highest BCUT2D eigenvalue weighted by atomic mass is 16.5. The second-order valence-corrected chi connectivity index (χ2v) is 5.82. The standard InChI is InChI=1S/C14H24O3/c1-5-11(13(16)17-4)12(15)10-6-8-14(2,3)9-7-10/h10-11H,5-9H2,1-4H3. The molecular weight excluding hydrogens is 216 g/mol. The molecule has 98 valence electrons. The van der Waals surface area contributed by atoms with Gasteiger partial charge in [0, 0.05) is 5.92 Å². The first-order chi connectivity index (χ1) is 7.91. The quantitative estimate of drug-likeness (QED) is 0.560. The first kappa shape index (κ1) is 14.2. The van der Waals surface area contributed by atoms with E-state index in [2.05, 4.69) is 13.8 Å². The van der Waals surface area contributed by atoms with E-state index in [1.54, 1.807) is 0 Å². The summed E-state index contributed by atoms with van der Waals surface area (Å²) in [6, 6.07) is 0. The lowest BCUT2D eigenvalue weighted by Gasteiger charge is -2.34. The molecule has 0 amide bonds. The largest absolute Gasteiger partial charge is 0.468 e. The Balaban J connectivity index is 2.61. The molecule has 1 atom stereocenters. The molecule has 0 saturated heterocycles. The Labute approximate surface area is 104 Å². The summed E-state index contributed by atoms with van der Waals surface area (Å²) in [5.41, 5.74) is 0.351. The van der Waals surface area contributed by atoms with Gasteiger partial charge in [0.2, 0.25) is 0 Å². The van der Waals surface area contributed by atoms with E-state index >= 15 is 0 Å². The lowest BCUT2D eigenvalue weighted by molar-refractivity contribution is -0.151. The van der Waals surface area contributed by atoms with E-state index in [9.17, 15) is 9.59 Å². The predicted molar refractivity (Wildman–Crippen MR) is 66.5 cm³/mol. The molecule has 0 aromatic carbocycles. The molecule has 0 aromatic rings. The number of methoxy groups -OCH3 is 1. The molecule has 0 spiro atoms. The summed E-state index contributed by atoms with van der Waals surface area (Å²) < 4.78 is 4.70. The topological polar surface area (TPSA) is 43.4 Å². The maximum atomic E-state index is 12.2. The summed E-state index contributed by atoms with van der Waals surface area (Å²) in [6.07, 6.45) is 4.52. The third-order valence-corrected chi connectivity index (χ3v) is 3.98.